The van der Waals surface area contributed by atoms with Gasteiger partial charge in [-0.2, -0.15) is 12.6 Å². The molecule has 0 aromatic heterocycles. The minimum absolute atomic E-state index is 0.765. The van der Waals surface area contributed by atoms with Crippen molar-refractivity contribution in [3.05, 3.63) is 29.3 Å². The molecule has 1 rings (SSSR count). The summed E-state index contributed by atoms with van der Waals surface area (Å²) in [6.07, 6.45) is 0.897. The minimum atomic E-state index is 0.765. The molecule has 2 nitrogen and oxygen atoms in total. The number of rotatable bonds is 5. The van der Waals surface area contributed by atoms with Crippen LogP contribution in [-0.2, 0) is 0 Å². The van der Waals surface area contributed by atoms with Gasteiger partial charge in [-0.3, -0.25) is 4.79 Å². The fourth-order valence-corrected chi connectivity index (χ4v) is 1.82. The van der Waals surface area contributed by atoms with Crippen LogP contribution < -0.4 is 4.90 Å². The van der Waals surface area contributed by atoms with Crippen molar-refractivity contribution in [3.8, 4) is 0 Å². The zero-order chi connectivity index (χ0) is 11.3. The molecular weight excluding hydrogens is 206 g/mol. The number of hydrogen-bond donors (Lipinski definition) is 1. The van der Waals surface area contributed by atoms with E-state index in [2.05, 4.69) is 30.5 Å². The molecule has 0 amide bonds. The normalized spacial score (nSPS) is 10.1. The molecule has 0 aliphatic rings. The molecule has 0 saturated carbocycles. The first kappa shape index (κ1) is 12.1. The van der Waals surface area contributed by atoms with Crippen LogP contribution in [0.4, 0.5) is 5.69 Å². The van der Waals surface area contributed by atoms with Gasteiger partial charge in [-0.25, -0.2) is 0 Å². The summed E-state index contributed by atoms with van der Waals surface area (Å²) in [4.78, 5) is 12.9. The first-order valence-corrected chi connectivity index (χ1v) is 5.77. The number of carbonyl (C=O) groups excluding carboxylic acids is 1. The molecule has 82 valence electrons. The van der Waals surface area contributed by atoms with Crippen LogP contribution >= 0.6 is 12.6 Å². The van der Waals surface area contributed by atoms with Gasteiger partial charge in [-0.15, -0.1) is 0 Å². The third kappa shape index (κ3) is 2.99. The first-order valence-electron chi connectivity index (χ1n) is 5.14. The molecule has 0 radical (unpaired) electrons. The number of carbonyl (C=O) groups is 1. The molecule has 0 aliphatic heterocycles. The maximum absolute atomic E-state index is 10.7. The van der Waals surface area contributed by atoms with Gasteiger partial charge < -0.3 is 4.90 Å². The molecule has 15 heavy (non-hydrogen) atoms. The maximum Gasteiger partial charge on any atom is 0.150 e. The van der Waals surface area contributed by atoms with Crippen LogP contribution in [0, 0.1) is 6.92 Å². The molecule has 0 bridgehead atoms. The molecule has 0 atom stereocenters. The second-order valence-electron chi connectivity index (χ2n) is 3.46. The Kier molecular flexibility index (Phi) is 4.69. The lowest BCUT2D eigenvalue weighted by molar-refractivity contribution is 0.112. The second kappa shape index (κ2) is 5.81. The highest BCUT2D eigenvalue weighted by Gasteiger charge is 2.04. The van der Waals surface area contributed by atoms with E-state index in [1.807, 2.05) is 19.1 Å². The third-order valence-electron chi connectivity index (χ3n) is 2.50. The van der Waals surface area contributed by atoms with E-state index in [1.165, 1.54) is 0 Å². The number of aldehydes is 1. The Labute approximate surface area is 96.7 Å². The molecule has 1 aromatic rings. The Morgan fingerprint density at radius 1 is 1.47 bits per heavy atom. The molecule has 0 saturated heterocycles. The third-order valence-corrected chi connectivity index (χ3v) is 2.70. The van der Waals surface area contributed by atoms with Gasteiger partial charge in [0.2, 0.25) is 0 Å². The lowest BCUT2D eigenvalue weighted by Crippen LogP contribution is -2.24. The van der Waals surface area contributed by atoms with Crippen LogP contribution in [0.1, 0.15) is 22.8 Å². The summed E-state index contributed by atoms with van der Waals surface area (Å²) in [7, 11) is 0. The summed E-state index contributed by atoms with van der Waals surface area (Å²) in [6.45, 7) is 5.97. The smallest absolute Gasteiger partial charge is 0.150 e. The number of nitrogens with zero attached hydrogens (tertiary/aromatic N) is 1. The number of hydrogen-bond acceptors (Lipinski definition) is 3. The fourth-order valence-electron chi connectivity index (χ4n) is 1.58. The van der Waals surface area contributed by atoms with Crippen molar-refractivity contribution in [2.45, 2.75) is 13.8 Å². The molecule has 0 fully saturated rings. The zero-order valence-electron chi connectivity index (χ0n) is 9.23. The van der Waals surface area contributed by atoms with Gasteiger partial charge >= 0.3 is 0 Å². The topological polar surface area (TPSA) is 20.3 Å². The standard InChI is InChI=1S/C12H17NOS/c1-3-13(6-7-15)12-5-4-11(9-14)10(2)8-12/h4-5,8-9,15H,3,6-7H2,1-2H3. The van der Waals surface area contributed by atoms with Crippen LogP contribution in [0.25, 0.3) is 0 Å². The van der Waals surface area contributed by atoms with E-state index in [0.29, 0.717) is 0 Å². The quantitative estimate of drug-likeness (QED) is 0.611. The summed E-state index contributed by atoms with van der Waals surface area (Å²) in [5.41, 5.74) is 2.95. The summed E-state index contributed by atoms with van der Waals surface area (Å²) >= 11 is 4.23. The Bertz CT molecular complexity index is 338. The molecule has 0 heterocycles. The van der Waals surface area contributed by atoms with Crippen molar-refractivity contribution in [1.82, 2.24) is 0 Å². The lowest BCUT2D eigenvalue weighted by Gasteiger charge is -2.22. The van der Waals surface area contributed by atoms with Crippen LogP contribution in [0.15, 0.2) is 18.2 Å². The average Bonchev–Trinajstić information content (AvgIpc) is 2.25. The predicted molar refractivity (Wildman–Crippen MR) is 68.3 cm³/mol. The second-order valence-corrected chi connectivity index (χ2v) is 3.91. The van der Waals surface area contributed by atoms with E-state index in [-0.39, 0.29) is 0 Å². The predicted octanol–water partition coefficient (Wildman–Crippen LogP) is 2.56. The van der Waals surface area contributed by atoms with Gasteiger partial charge in [0, 0.05) is 30.1 Å². The summed E-state index contributed by atoms with van der Waals surface area (Å²) in [5, 5.41) is 0. The number of aryl methyl sites for hydroxylation is 1. The van der Waals surface area contributed by atoms with E-state index < -0.39 is 0 Å². The SMILES string of the molecule is CCN(CCS)c1ccc(C=O)c(C)c1. The van der Waals surface area contributed by atoms with Crippen LogP contribution in [0.5, 0.6) is 0 Å². The fraction of sp³-hybridized carbons (Fsp3) is 0.417. The van der Waals surface area contributed by atoms with Gasteiger partial charge in [0.15, 0.2) is 0 Å². The van der Waals surface area contributed by atoms with Crippen molar-refractivity contribution in [2.75, 3.05) is 23.7 Å². The van der Waals surface area contributed by atoms with Gasteiger partial charge in [-0.1, -0.05) is 0 Å². The number of thiol groups is 1. The first-order chi connectivity index (χ1) is 7.22. The number of anilines is 1. The van der Waals surface area contributed by atoms with Gasteiger partial charge in [0.1, 0.15) is 6.29 Å². The highest BCUT2D eigenvalue weighted by atomic mass is 32.1. The monoisotopic (exact) mass is 223 g/mol. The van der Waals surface area contributed by atoms with Crippen LogP contribution in [0.3, 0.4) is 0 Å². The Morgan fingerprint density at radius 2 is 2.20 bits per heavy atom. The zero-order valence-corrected chi connectivity index (χ0v) is 10.1. The Balaban J connectivity index is 2.94. The van der Waals surface area contributed by atoms with Gasteiger partial charge in [-0.05, 0) is 37.6 Å². The largest absolute Gasteiger partial charge is 0.371 e. The average molecular weight is 223 g/mol. The lowest BCUT2D eigenvalue weighted by atomic mass is 10.1. The Morgan fingerprint density at radius 3 is 2.67 bits per heavy atom. The molecular formula is C12H17NOS. The number of benzene rings is 1. The molecule has 0 N–H and O–H groups in total. The summed E-state index contributed by atoms with van der Waals surface area (Å²) in [6, 6.07) is 5.92. The van der Waals surface area contributed by atoms with E-state index in [0.717, 1.165) is 41.9 Å². The Hall–Kier alpha value is -0.960. The van der Waals surface area contributed by atoms with E-state index in [9.17, 15) is 4.79 Å². The summed E-state index contributed by atoms with van der Waals surface area (Å²) in [5.74, 6) is 0.836. The van der Waals surface area contributed by atoms with Crippen molar-refractivity contribution in [1.29, 1.82) is 0 Å². The molecule has 0 unspecified atom stereocenters. The highest BCUT2D eigenvalue weighted by Crippen LogP contribution is 2.18. The van der Waals surface area contributed by atoms with Crippen molar-refractivity contribution >= 4 is 24.6 Å². The van der Waals surface area contributed by atoms with Gasteiger partial charge in [0.05, 0.1) is 0 Å². The highest BCUT2D eigenvalue weighted by molar-refractivity contribution is 7.80. The molecule has 0 spiro atoms. The minimum Gasteiger partial charge on any atom is -0.371 e. The van der Waals surface area contributed by atoms with Gasteiger partial charge in [0.25, 0.3) is 0 Å². The molecule has 0 aliphatic carbocycles. The van der Waals surface area contributed by atoms with E-state index in [4.69, 9.17) is 0 Å². The van der Waals surface area contributed by atoms with Crippen LogP contribution in [-0.4, -0.2) is 25.1 Å². The van der Waals surface area contributed by atoms with E-state index in [1.54, 1.807) is 0 Å². The van der Waals surface area contributed by atoms with Crippen molar-refractivity contribution in [2.24, 2.45) is 0 Å². The van der Waals surface area contributed by atoms with Crippen molar-refractivity contribution in [3.63, 3.8) is 0 Å². The maximum atomic E-state index is 10.7. The van der Waals surface area contributed by atoms with Crippen molar-refractivity contribution < 1.29 is 4.79 Å². The van der Waals surface area contributed by atoms with Crippen LogP contribution in [0.2, 0.25) is 0 Å². The molecule has 1 aromatic carbocycles. The summed E-state index contributed by atoms with van der Waals surface area (Å²) < 4.78 is 0. The van der Waals surface area contributed by atoms with E-state index >= 15 is 0 Å². The molecule has 3 heteroatoms.